The van der Waals surface area contributed by atoms with Gasteiger partial charge in [0.15, 0.2) is 5.84 Å². The van der Waals surface area contributed by atoms with Gasteiger partial charge in [0.1, 0.15) is 6.61 Å². The molecule has 0 rings (SSSR count). The van der Waals surface area contributed by atoms with E-state index in [1.54, 1.807) is 6.08 Å². The quantitative estimate of drug-likeness (QED) is 0.159. The van der Waals surface area contributed by atoms with Crippen molar-refractivity contribution in [1.29, 1.82) is 0 Å². The maximum atomic E-state index is 5.27. The predicted octanol–water partition coefficient (Wildman–Crippen LogP) is 0.700. The zero-order chi connectivity index (χ0) is 7.11. The molecule has 3 nitrogen and oxygen atoms in total. The Bertz CT molecular complexity index is 114. The SMILES string of the molecule is C=CCON=C(N)CCl. The summed E-state index contributed by atoms with van der Waals surface area (Å²) >= 11 is 5.27. The maximum Gasteiger partial charge on any atom is 0.154 e. The fourth-order valence-corrected chi connectivity index (χ4v) is 0.246. The van der Waals surface area contributed by atoms with E-state index in [9.17, 15) is 0 Å². The topological polar surface area (TPSA) is 47.6 Å². The highest BCUT2D eigenvalue weighted by Crippen LogP contribution is 1.79. The van der Waals surface area contributed by atoms with E-state index in [1.165, 1.54) is 0 Å². The van der Waals surface area contributed by atoms with Crippen molar-refractivity contribution in [2.75, 3.05) is 12.5 Å². The Morgan fingerprint density at radius 1 is 1.89 bits per heavy atom. The molecule has 0 aromatic heterocycles. The van der Waals surface area contributed by atoms with Crippen LogP contribution in [0, 0.1) is 0 Å². The minimum Gasteiger partial charge on any atom is -0.390 e. The number of nitrogens with zero attached hydrogens (tertiary/aromatic N) is 1. The summed E-state index contributed by atoms with van der Waals surface area (Å²) in [6.07, 6.45) is 1.57. The highest BCUT2D eigenvalue weighted by molar-refractivity contribution is 6.27. The molecular weight excluding hydrogens is 140 g/mol. The lowest BCUT2D eigenvalue weighted by atomic mass is 10.7. The lowest BCUT2D eigenvalue weighted by Crippen LogP contribution is -2.13. The number of nitrogens with two attached hydrogens (primary N) is 1. The van der Waals surface area contributed by atoms with Gasteiger partial charge in [-0.3, -0.25) is 0 Å². The van der Waals surface area contributed by atoms with Crippen LogP contribution in [0.25, 0.3) is 0 Å². The van der Waals surface area contributed by atoms with Crippen LogP contribution in [0.15, 0.2) is 17.8 Å². The van der Waals surface area contributed by atoms with Crippen molar-refractivity contribution in [3.8, 4) is 0 Å². The standard InChI is InChI=1S/C5H9ClN2O/c1-2-3-9-8-5(7)4-6/h2H,1,3-4H2,(H2,7,8). The molecule has 0 aromatic rings. The number of amidine groups is 1. The Kier molecular flexibility index (Phi) is 5.01. The fraction of sp³-hybridized carbons (Fsp3) is 0.400. The molecule has 0 saturated heterocycles. The number of hydrogen-bond acceptors (Lipinski definition) is 2. The second kappa shape index (κ2) is 5.44. The van der Waals surface area contributed by atoms with Gasteiger partial charge in [-0.1, -0.05) is 17.8 Å². The van der Waals surface area contributed by atoms with Crippen LogP contribution >= 0.6 is 11.6 Å². The van der Waals surface area contributed by atoms with E-state index in [1.807, 2.05) is 0 Å². The first kappa shape index (κ1) is 8.30. The minimum absolute atomic E-state index is 0.192. The fourth-order valence-electron chi connectivity index (χ4n) is 0.197. The molecule has 2 N–H and O–H groups in total. The predicted molar refractivity (Wildman–Crippen MR) is 38.5 cm³/mol. The lowest BCUT2D eigenvalue weighted by Gasteiger charge is -1.93. The monoisotopic (exact) mass is 148 g/mol. The Morgan fingerprint density at radius 2 is 2.56 bits per heavy atom. The van der Waals surface area contributed by atoms with Crippen LogP contribution in [0.4, 0.5) is 0 Å². The van der Waals surface area contributed by atoms with E-state index in [-0.39, 0.29) is 11.7 Å². The average Bonchev–Trinajstić information content (AvgIpc) is 1.89. The summed E-state index contributed by atoms with van der Waals surface area (Å²) in [7, 11) is 0. The van der Waals surface area contributed by atoms with Gasteiger partial charge >= 0.3 is 0 Å². The van der Waals surface area contributed by atoms with Gasteiger partial charge in [0.2, 0.25) is 0 Å². The number of oxime groups is 1. The van der Waals surface area contributed by atoms with Crippen molar-refractivity contribution < 1.29 is 4.84 Å². The summed E-state index contributed by atoms with van der Waals surface area (Å²) < 4.78 is 0. The molecule has 0 radical (unpaired) electrons. The molecule has 0 bridgehead atoms. The first-order chi connectivity index (χ1) is 4.31. The molecule has 0 aliphatic heterocycles. The molecule has 4 heteroatoms. The summed E-state index contributed by atoms with van der Waals surface area (Å²) in [5.41, 5.74) is 5.17. The third kappa shape index (κ3) is 5.17. The molecule has 0 fully saturated rings. The van der Waals surface area contributed by atoms with Gasteiger partial charge in [0, 0.05) is 0 Å². The van der Waals surface area contributed by atoms with E-state index < -0.39 is 0 Å². The Balaban J connectivity index is 3.31. The van der Waals surface area contributed by atoms with Crippen LogP contribution in [0.2, 0.25) is 0 Å². The zero-order valence-corrected chi connectivity index (χ0v) is 5.77. The third-order valence-corrected chi connectivity index (χ3v) is 0.785. The summed E-state index contributed by atoms with van der Waals surface area (Å²) in [6, 6.07) is 0. The van der Waals surface area contributed by atoms with Crippen LogP contribution in [0.3, 0.4) is 0 Å². The summed E-state index contributed by atoms with van der Waals surface area (Å²) in [6.45, 7) is 3.77. The number of halogens is 1. The van der Waals surface area contributed by atoms with Crippen LogP contribution in [-0.2, 0) is 4.84 Å². The van der Waals surface area contributed by atoms with Crippen LogP contribution in [0.5, 0.6) is 0 Å². The van der Waals surface area contributed by atoms with Gasteiger partial charge in [-0.25, -0.2) is 0 Å². The van der Waals surface area contributed by atoms with Crippen molar-refractivity contribution in [3.63, 3.8) is 0 Å². The average molecular weight is 149 g/mol. The molecule has 9 heavy (non-hydrogen) atoms. The molecule has 0 aromatic carbocycles. The van der Waals surface area contributed by atoms with E-state index in [4.69, 9.17) is 17.3 Å². The van der Waals surface area contributed by atoms with Crippen molar-refractivity contribution in [1.82, 2.24) is 0 Å². The minimum atomic E-state index is 0.192. The molecule has 0 unspecified atom stereocenters. The van der Waals surface area contributed by atoms with Gasteiger partial charge in [-0.2, -0.15) is 0 Å². The van der Waals surface area contributed by atoms with Crippen LogP contribution < -0.4 is 5.73 Å². The molecule has 0 aliphatic carbocycles. The normalized spacial score (nSPS) is 11.0. The lowest BCUT2D eigenvalue weighted by molar-refractivity contribution is 0.174. The van der Waals surface area contributed by atoms with Gasteiger partial charge in [-0.05, 0) is 0 Å². The summed E-state index contributed by atoms with van der Waals surface area (Å²) in [5, 5.41) is 3.42. The van der Waals surface area contributed by atoms with Crippen molar-refractivity contribution in [2.24, 2.45) is 10.9 Å². The van der Waals surface area contributed by atoms with E-state index >= 15 is 0 Å². The Morgan fingerprint density at radius 3 is 3.00 bits per heavy atom. The molecule has 0 aliphatic rings. The molecule has 0 amide bonds. The smallest absolute Gasteiger partial charge is 0.154 e. The summed E-state index contributed by atoms with van der Waals surface area (Å²) in [5.74, 6) is 0.468. The molecular formula is C5H9ClN2O. The van der Waals surface area contributed by atoms with E-state index in [2.05, 4.69) is 16.6 Å². The summed E-state index contributed by atoms with van der Waals surface area (Å²) in [4.78, 5) is 4.60. The second-order valence-corrected chi connectivity index (χ2v) is 1.57. The highest BCUT2D eigenvalue weighted by Gasteiger charge is 1.84. The number of rotatable bonds is 4. The molecule has 52 valence electrons. The van der Waals surface area contributed by atoms with Crippen LogP contribution in [-0.4, -0.2) is 18.3 Å². The van der Waals surface area contributed by atoms with E-state index in [0.29, 0.717) is 6.61 Å². The van der Waals surface area contributed by atoms with Gasteiger partial charge in [0.25, 0.3) is 0 Å². The molecule has 0 spiro atoms. The second-order valence-electron chi connectivity index (χ2n) is 1.30. The number of hydrogen-bond donors (Lipinski definition) is 1. The van der Waals surface area contributed by atoms with Gasteiger partial charge < -0.3 is 10.6 Å². The van der Waals surface area contributed by atoms with E-state index in [0.717, 1.165) is 0 Å². The molecule has 0 atom stereocenters. The highest BCUT2D eigenvalue weighted by atomic mass is 35.5. The third-order valence-electron chi connectivity index (χ3n) is 0.511. The van der Waals surface area contributed by atoms with Gasteiger partial charge in [0.05, 0.1) is 5.88 Å². The Hall–Kier alpha value is -0.700. The maximum absolute atomic E-state index is 5.27. The van der Waals surface area contributed by atoms with Gasteiger partial charge in [-0.15, -0.1) is 11.6 Å². The molecule has 0 heterocycles. The molecule has 0 saturated carbocycles. The largest absolute Gasteiger partial charge is 0.390 e. The van der Waals surface area contributed by atoms with Crippen molar-refractivity contribution >= 4 is 17.4 Å². The number of alkyl halides is 1. The first-order valence-electron chi connectivity index (χ1n) is 2.42. The van der Waals surface area contributed by atoms with Crippen molar-refractivity contribution in [2.45, 2.75) is 0 Å². The van der Waals surface area contributed by atoms with Crippen molar-refractivity contribution in [3.05, 3.63) is 12.7 Å². The van der Waals surface area contributed by atoms with Crippen LogP contribution in [0.1, 0.15) is 0 Å². The first-order valence-corrected chi connectivity index (χ1v) is 2.96. The Labute approximate surface area is 59.1 Å². The zero-order valence-electron chi connectivity index (χ0n) is 5.01.